The van der Waals surface area contributed by atoms with E-state index < -0.39 is 11.6 Å². The van der Waals surface area contributed by atoms with E-state index in [1.54, 1.807) is 0 Å². The van der Waals surface area contributed by atoms with Gasteiger partial charge in [-0.05, 0) is 37.8 Å². The van der Waals surface area contributed by atoms with Gasteiger partial charge in [-0.25, -0.2) is 8.78 Å². The van der Waals surface area contributed by atoms with Crippen LogP contribution >= 0.6 is 0 Å². The molecule has 0 aliphatic heterocycles. The van der Waals surface area contributed by atoms with Gasteiger partial charge in [-0.15, -0.1) is 0 Å². The summed E-state index contributed by atoms with van der Waals surface area (Å²) in [6.45, 7) is 0. The summed E-state index contributed by atoms with van der Waals surface area (Å²) in [6, 6.07) is 3.70. The van der Waals surface area contributed by atoms with Crippen LogP contribution in [0.15, 0.2) is 18.2 Å². The Morgan fingerprint density at radius 1 is 1.05 bits per heavy atom. The molecule has 2 aliphatic rings. The van der Waals surface area contributed by atoms with Gasteiger partial charge in [0.2, 0.25) is 0 Å². The first-order chi connectivity index (χ1) is 9.16. The smallest absolute Gasteiger partial charge is 0.257 e. The molecule has 2 saturated carbocycles. The number of carbonyl (C=O) groups excluding carboxylic acids is 1. The fourth-order valence-corrected chi connectivity index (χ4v) is 2.97. The topological polar surface area (TPSA) is 20.3 Å². The molecule has 3 rings (SSSR count). The van der Waals surface area contributed by atoms with E-state index in [0.717, 1.165) is 50.7 Å². The number of rotatable bonds is 3. The van der Waals surface area contributed by atoms with Crippen LogP contribution in [0.5, 0.6) is 0 Å². The molecule has 0 atom stereocenters. The maximum atomic E-state index is 13.7. The van der Waals surface area contributed by atoms with E-state index in [1.807, 2.05) is 4.90 Å². The third-order valence-corrected chi connectivity index (χ3v) is 4.05. The van der Waals surface area contributed by atoms with Crippen LogP contribution in [-0.2, 0) is 0 Å². The molecule has 1 amide bonds. The summed E-state index contributed by atoms with van der Waals surface area (Å²) in [7, 11) is 0. The Morgan fingerprint density at radius 3 is 2.26 bits per heavy atom. The van der Waals surface area contributed by atoms with Crippen LogP contribution in [-0.4, -0.2) is 22.9 Å². The van der Waals surface area contributed by atoms with Crippen LogP contribution in [0, 0.1) is 11.6 Å². The predicted molar refractivity (Wildman–Crippen MR) is 67.8 cm³/mol. The van der Waals surface area contributed by atoms with Crippen molar-refractivity contribution < 1.29 is 13.6 Å². The van der Waals surface area contributed by atoms with Gasteiger partial charge in [0.25, 0.3) is 5.91 Å². The Hall–Kier alpha value is -1.45. The fourth-order valence-electron chi connectivity index (χ4n) is 2.97. The number of halogens is 2. The largest absolute Gasteiger partial charge is 0.333 e. The SMILES string of the molecule is O=C(c1ccc(F)cc1F)N(C1CCCC1)C1CC1. The second-order valence-electron chi connectivity index (χ2n) is 5.51. The highest BCUT2D eigenvalue weighted by molar-refractivity contribution is 5.95. The second kappa shape index (κ2) is 4.91. The maximum Gasteiger partial charge on any atom is 0.257 e. The second-order valence-corrected chi connectivity index (χ2v) is 5.51. The summed E-state index contributed by atoms with van der Waals surface area (Å²) < 4.78 is 26.7. The molecule has 2 fully saturated rings. The van der Waals surface area contributed by atoms with Gasteiger partial charge in [0.05, 0.1) is 5.56 Å². The lowest BCUT2D eigenvalue weighted by molar-refractivity contribution is 0.0659. The van der Waals surface area contributed by atoms with Crippen molar-refractivity contribution in [3.05, 3.63) is 35.4 Å². The molecule has 2 nitrogen and oxygen atoms in total. The third-order valence-electron chi connectivity index (χ3n) is 4.05. The Balaban J connectivity index is 1.87. The Kier molecular flexibility index (Phi) is 3.25. The average molecular weight is 265 g/mol. The minimum Gasteiger partial charge on any atom is -0.333 e. The lowest BCUT2D eigenvalue weighted by Gasteiger charge is -2.29. The Labute approximate surface area is 111 Å². The minimum absolute atomic E-state index is 0.000185. The van der Waals surface area contributed by atoms with E-state index in [1.165, 1.54) is 6.07 Å². The highest BCUT2D eigenvalue weighted by Gasteiger charge is 2.39. The lowest BCUT2D eigenvalue weighted by atomic mass is 10.1. The van der Waals surface area contributed by atoms with Crippen LogP contribution in [0.1, 0.15) is 48.9 Å². The number of amides is 1. The van der Waals surface area contributed by atoms with Crippen LogP contribution < -0.4 is 0 Å². The Bertz CT molecular complexity index is 493. The van der Waals surface area contributed by atoms with Crippen molar-refractivity contribution in [2.45, 2.75) is 50.6 Å². The standard InChI is InChI=1S/C15H17F2NO/c16-10-5-8-13(14(17)9-10)15(19)18(12-6-7-12)11-3-1-2-4-11/h5,8-9,11-12H,1-4,6-7H2. The Morgan fingerprint density at radius 2 is 1.68 bits per heavy atom. The van der Waals surface area contributed by atoms with Gasteiger partial charge in [0.15, 0.2) is 0 Å². The normalized spacial score (nSPS) is 19.7. The summed E-state index contributed by atoms with van der Waals surface area (Å²) >= 11 is 0. The summed E-state index contributed by atoms with van der Waals surface area (Å²) in [5.74, 6) is -1.67. The van der Waals surface area contributed by atoms with Gasteiger partial charge in [-0.3, -0.25) is 4.79 Å². The van der Waals surface area contributed by atoms with Gasteiger partial charge in [0, 0.05) is 18.2 Å². The van der Waals surface area contributed by atoms with Crippen molar-refractivity contribution in [3.8, 4) is 0 Å². The number of carbonyl (C=O) groups is 1. The van der Waals surface area contributed by atoms with Gasteiger partial charge in [-0.1, -0.05) is 12.8 Å². The van der Waals surface area contributed by atoms with Crippen LogP contribution in [0.25, 0.3) is 0 Å². The average Bonchev–Trinajstić information content (AvgIpc) is 3.04. The quantitative estimate of drug-likeness (QED) is 0.819. The molecule has 4 heteroatoms. The molecular weight excluding hydrogens is 248 g/mol. The number of hydrogen-bond donors (Lipinski definition) is 0. The predicted octanol–water partition coefficient (Wildman–Crippen LogP) is 3.51. The van der Waals surface area contributed by atoms with Crippen molar-refractivity contribution in [2.24, 2.45) is 0 Å². The molecule has 0 saturated heterocycles. The van der Waals surface area contributed by atoms with Crippen molar-refractivity contribution in [2.75, 3.05) is 0 Å². The summed E-state index contributed by atoms with van der Waals surface area (Å²) in [5, 5.41) is 0. The first kappa shape index (κ1) is 12.6. The van der Waals surface area contributed by atoms with Crippen molar-refractivity contribution in [3.63, 3.8) is 0 Å². The van der Waals surface area contributed by atoms with Gasteiger partial charge in [0.1, 0.15) is 11.6 Å². The van der Waals surface area contributed by atoms with Crippen molar-refractivity contribution in [1.82, 2.24) is 4.90 Å². The zero-order valence-electron chi connectivity index (χ0n) is 10.7. The van der Waals surface area contributed by atoms with Gasteiger partial charge < -0.3 is 4.90 Å². The van der Waals surface area contributed by atoms with E-state index in [2.05, 4.69) is 0 Å². The molecule has 0 spiro atoms. The van der Waals surface area contributed by atoms with Gasteiger partial charge >= 0.3 is 0 Å². The van der Waals surface area contributed by atoms with Crippen LogP contribution in [0.3, 0.4) is 0 Å². The molecule has 1 aromatic rings. The molecular formula is C15H17F2NO. The fraction of sp³-hybridized carbons (Fsp3) is 0.533. The molecule has 19 heavy (non-hydrogen) atoms. The molecule has 0 radical (unpaired) electrons. The molecule has 2 aliphatic carbocycles. The number of benzene rings is 1. The van der Waals surface area contributed by atoms with Crippen molar-refractivity contribution >= 4 is 5.91 Å². The summed E-state index contributed by atoms with van der Waals surface area (Å²) in [4.78, 5) is 14.4. The van der Waals surface area contributed by atoms with Gasteiger partial charge in [-0.2, -0.15) is 0 Å². The van der Waals surface area contributed by atoms with E-state index in [9.17, 15) is 13.6 Å². The van der Waals surface area contributed by atoms with E-state index in [-0.39, 0.29) is 23.6 Å². The van der Waals surface area contributed by atoms with E-state index in [0.29, 0.717) is 0 Å². The zero-order chi connectivity index (χ0) is 13.4. The number of hydrogen-bond acceptors (Lipinski definition) is 1. The lowest BCUT2D eigenvalue weighted by Crippen LogP contribution is -2.41. The minimum atomic E-state index is -0.756. The molecule has 0 N–H and O–H groups in total. The van der Waals surface area contributed by atoms with E-state index >= 15 is 0 Å². The summed E-state index contributed by atoms with van der Waals surface area (Å²) in [6.07, 6.45) is 6.28. The highest BCUT2D eigenvalue weighted by Crippen LogP contribution is 2.35. The molecule has 0 heterocycles. The molecule has 102 valence electrons. The molecule has 0 unspecified atom stereocenters. The number of nitrogens with zero attached hydrogens (tertiary/aromatic N) is 1. The summed E-state index contributed by atoms with van der Waals surface area (Å²) in [5.41, 5.74) is 0.000185. The van der Waals surface area contributed by atoms with Crippen LogP contribution in [0.2, 0.25) is 0 Å². The highest BCUT2D eigenvalue weighted by atomic mass is 19.1. The molecule has 0 aromatic heterocycles. The monoisotopic (exact) mass is 265 g/mol. The first-order valence-corrected chi connectivity index (χ1v) is 6.94. The maximum absolute atomic E-state index is 13.7. The van der Waals surface area contributed by atoms with Crippen LogP contribution in [0.4, 0.5) is 8.78 Å². The third kappa shape index (κ3) is 2.48. The molecule has 1 aromatic carbocycles. The van der Waals surface area contributed by atoms with E-state index in [4.69, 9.17) is 0 Å². The van der Waals surface area contributed by atoms with Crippen molar-refractivity contribution in [1.29, 1.82) is 0 Å². The first-order valence-electron chi connectivity index (χ1n) is 6.94. The molecule has 0 bridgehead atoms. The zero-order valence-corrected chi connectivity index (χ0v) is 10.7.